The number of carboxylic acids is 1. The van der Waals surface area contributed by atoms with E-state index in [2.05, 4.69) is 5.32 Å². The molecule has 1 unspecified atom stereocenters. The van der Waals surface area contributed by atoms with Crippen molar-refractivity contribution in [3.8, 4) is 0 Å². The lowest BCUT2D eigenvalue weighted by atomic mass is 10.2. The maximum atomic E-state index is 11.8. The van der Waals surface area contributed by atoms with Crippen LogP contribution < -0.4 is 5.32 Å². The van der Waals surface area contributed by atoms with Gasteiger partial charge in [-0.25, -0.2) is 4.79 Å². The standard InChI is InChI=1S/C14H20N2O3/c1-10-6-4-5-7-12(10)15-9-8-13(17)16(3)11(2)14(18)19/h4-7,11,15H,8-9H2,1-3H3,(H,18,19). The zero-order valence-electron chi connectivity index (χ0n) is 11.5. The largest absolute Gasteiger partial charge is 0.480 e. The van der Waals surface area contributed by atoms with Gasteiger partial charge in [0, 0.05) is 25.7 Å². The fraction of sp³-hybridized carbons (Fsp3) is 0.429. The summed E-state index contributed by atoms with van der Waals surface area (Å²) in [5, 5.41) is 12.0. The lowest BCUT2D eigenvalue weighted by Crippen LogP contribution is -2.40. The molecule has 0 spiro atoms. The number of hydrogen-bond acceptors (Lipinski definition) is 3. The van der Waals surface area contributed by atoms with E-state index in [9.17, 15) is 9.59 Å². The number of hydrogen-bond donors (Lipinski definition) is 2. The first-order valence-electron chi connectivity index (χ1n) is 6.21. The van der Waals surface area contributed by atoms with Crippen molar-refractivity contribution < 1.29 is 14.7 Å². The summed E-state index contributed by atoms with van der Waals surface area (Å²) in [6.07, 6.45) is 0.266. The van der Waals surface area contributed by atoms with E-state index in [1.807, 2.05) is 31.2 Å². The van der Waals surface area contributed by atoms with Crippen LogP contribution in [0.25, 0.3) is 0 Å². The molecule has 0 aliphatic rings. The number of nitrogens with zero attached hydrogens (tertiary/aromatic N) is 1. The van der Waals surface area contributed by atoms with Crippen molar-refractivity contribution in [1.29, 1.82) is 0 Å². The van der Waals surface area contributed by atoms with Gasteiger partial charge >= 0.3 is 5.97 Å². The van der Waals surface area contributed by atoms with Crippen LogP contribution in [-0.4, -0.2) is 41.5 Å². The Hall–Kier alpha value is -2.04. The van der Waals surface area contributed by atoms with Crippen LogP contribution in [-0.2, 0) is 9.59 Å². The third-order valence-corrected chi connectivity index (χ3v) is 3.13. The third kappa shape index (κ3) is 4.28. The second kappa shape index (κ2) is 6.78. The minimum absolute atomic E-state index is 0.184. The van der Waals surface area contributed by atoms with Crippen molar-refractivity contribution >= 4 is 17.6 Å². The summed E-state index contributed by atoms with van der Waals surface area (Å²) in [7, 11) is 1.51. The number of carbonyl (C=O) groups excluding carboxylic acids is 1. The number of likely N-dealkylation sites (N-methyl/N-ethyl adjacent to an activating group) is 1. The van der Waals surface area contributed by atoms with Gasteiger partial charge in [0.1, 0.15) is 6.04 Å². The molecule has 0 aromatic heterocycles. The van der Waals surface area contributed by atoms with Gasteiger partial charge in [-0.1, -0.05) is 18.2 Å². The molecule has 1 rings (SSSR count). The van der Waals surface area contributed by atoms with E-state index in [-0.39, 0.29) is 12.3 Å². The molecule has 0 saturated heterocycles. The topological polar surface area (TPSA) is 69.6 Å². The van der Waals surface area contributed by atoms with Crippen LogP contribution in [0.1, 0.15) is 18.9 Å². The van der Waals surface area contributed by atoms with Crippen LogP contribution in [0.5, 0.6) is 0 Å². The molecule has 2 N–H and O–H groups in total. The van der Waals surface area contributed by atoms with Gasteiger partial charge in [-0.2, -0.15) is 0 Å². The molecule has 19 heavy (non-hydrogen) atoms. The number of aliphatic carboxylic acids is 1. The summed E-state index contributed by atoms with van der Waals surface area (Å²) in [6.45, 7) is 3.97. The number of para-hydroxylation sites is 1. The van der Waals surface area contributed by atoms with Crippen LogP contribution >= 0.6 is 0 Å². The van der Waals surface area contributed by atoms with E-state index in [0.29, 0.717) is 6.54 Å². The summed E-state index contributed by atoms with van der Waals surface area (Å²) in [4.78, 5) is 23.8. The molecular formula is C14H20N2O3. The maximum Gasteiger partial charge on any atom is 0.326 e. The van der Waals surface area contributed by atoms with Gasteiger partial charge in [-0.15, -0.1) is 0 Å². The molecule has 104 valence electrons. The number of carboxylic acid groups (broad SMARTS) is 1. The van der Waals surface area contributed by atoms with Crippen molar-refractivity contribution in [3.63, 3.8) is 0 Å². The third-order valence-electron chi connectivity index (χ3n) is 3.13. The van der Waals surface area contributed by atoms with Gasteiger partial charge < -0.3 is 15.3 Å². The predicted molar refractivity (Wildman–Crippen MR) is 74.2 cm³/mol. The minimum Gasteiger partial charge on any atom is -0.480 e. The summed E-state index contributed by atoms with van der Waals surface area (Å²) in [5.74, 6) is -1.18. The van der Waals surface area contributed by atoms with E-state index in [0.717, 1.165) is 11.3 Å². The Kier molecular flexibility index (Phi) is 5.36. The molecule has 1 amide bonds. The fourth-order valence-electron chi connectivity index (χ4n) is 1.63. The monoisotopic (exact) mass is 264 g/mol. The number of amides is 1. The first-order valence-corrected chi connectivity index (χ1v) is 6.21. The van der Waals surface area contributed by atoms with Crippen molar-refractivity contribution in [3.05, 3.63) is 29.8 Å². The molecule has 0 fully saturated rings. The van der Waals surface area contributed by atoms with Crippen LogP contribution in [0.4, 0.5) is 5.69 Å². The first-order chi connectivity index (χ1) is 8.93. The Morgan fingerprint density at radius 3 is 2.58 bits per heavy atom. The number of benzene rings is 1. The number of aryl methyl sites for hydroxylation is 1. The van der Waals surface area contributed by atoms with Crippen LogP contribution in [0.2, 0.25) is 0 Å². The second-order valence-electron chi connectivity index (χ2n) is 4.51. The summed E-state index contributed by atoms with van der Waals surface area (Å²) in [6, 6.07) is 7.02. The molecular weight excluding hydrogens is 244 g/mol. The molecule has 1 atom stereocenters. The van der Waals surface area contributed by atoms with Crippen molar-refractivity contribution in [2.45, 2.75) is 26.3 Å². The molecule has 0 aliphatic carbocycles. The van der Waals surface area contributed by atoms with E-state index >= 15 is 0 Å². The molecule has 0 bridgehead atoms. The molecule has 0 aliphatic heterocycles. The Morgan fingerprint density at radius 2 is 2.00 bits per heavy atom. The summed E-state index contributed by atoms with van der Waals surface area (Å²) >= 11 is 0. The highest BCUT2D eigenvalue weighted by molar-refractivity contribution is 5.83. The average molecular weight is 264 g/mol. The van der Waals surface area contributed by atoms with Gasteiger partial charge in [0.2, 0.25) is 5.91 Å². The van der Waals surface area contributed by atoms with Gasteiger partial charge in [0.15, 0.2) is 0 Å². The SMILES string of the molecule is Cc1ccccc1NCCC(=O)N(C)C(C)C(=O)O. The van der Waals surface area contributed by atoms with Crippen LogP contribution in [0, 0.1) is 6.92 Å². The molecule has 0 heterocycles. The van der Waals surface area contributed by atoms with Gasteiger partial charge in [0.25, 0.3) is 0 Å². The highest BCUT2D eigenvalue weighted by atomic mass is 16.4. The molecule has 5 nitrogen and oxygen atoms in total. The smallest absolute Gasteiger partial charge is 0.326 e. The molecule has 0 radical (unpaired) electrons. The van der Waals surface area contributed by atoms with Gasteiger partial charge in [0.05, 0.1) is 0 Å². The van der Waals surface area contributed by atoms with Crippen molar-refractivity contribution in [1.82, 2.24) is 4.90 Å². The zero-order chi connectivity index (χ0) is 14.4. The molecule has 5 heteroatoms. The summed E-state index contributed by atoms with van der Waals surface area (Å²) < 4.78 is 0. The number of rotatable bonds is 6. The Bertz CT molecular complexity index is 460. The fourth-order valence-corrected chi connectivity index (χ4v) is 1.63. The van der Waals surface area contributed by atoms with E-state index in [1.54, 1.807) is 0 Å². The van der Waals surface area contributed by atoms with Crippen molar-refractivity contribution in [2.75, 3.05) is 18.9 Å². The molecule has 1 aromatic carbocycles. The molecule has 1 aromatic rings. The normalized spacial score (nSPS) is 11.7. The number of carbonyl (C=O) groups is 2. The first kappa shape index (κ1) is 15.0. The van der Waals surface area contributed by atoms with Crippen LogP contribution in [0.15, 0.2) is 24.3 Å². The number of nitrogens with one attached hydrogen (secondary N) is 1. The lowest BCUT2D eigenvalue weighted by molar-refractivity contribution is -0.148. The highest BCUT2D eigenvalue weighted by Crippen LogP contribution is 2.12. The second-order valence-corrected chi connectivity index (χ2v) is 4.51. The Morgan fingerprint density at radius 1 is 1.37 bits per heavy atom. The highest BCUT2D eigenvalue weighted by Gasteiger charge is 2.20. The Balaban J connectivity index is 2.43. The molecule has 0 saturated carbocycles. The van der Waals surface area contributed by atoms with E-state index in [4.69, 9.17) is 5.11 Å². The minimum atomic E-state index is -0.997. The van der Waals surface area contributed by atoms with Crippen molar-refractivity contribution in [2.24, 2.45) is 0 Å². The zero-order valence-corrected chi connectivity index (χ0v) is 11.5. The Labute approximate surface area is 113 Å². The predicted octanol–water partition coefficient (Wildman–Crippen LogP) is 1.73. The number of anilines is 1. The summed E-state index contributed by atoms with van der Waals surface area (Å²) in [5.41, 5.74) is 2.10. The quantitative estimate of drug-likeness (QED) is 0.821. The van der Waals surface area contributed by atoms with E-state index in [1.165, 1.54) is 18.9 Å². The average Bonchev–Trinajstić information content (AvgIpc) is 2.38. The maximum absolute atomic E-state index is 11.8. The van der Waals surface area contributed by atoms with Gasteiger partial charge in [-0.05, 0) is 25.5 Å². The van der Waals surface area contributed by atoms with Crippen LogP contribution in [0.3, 0.4) is 0 Å². The lowest BCUT2D eigenvalue weighted by Gasteiger charge is -2.21. The van der Waals surface area contributed by atoms with Gasteiger partial charge in [-0.3, -0.25) is 4.79 Å². The van der Waals surface area contributed by atoms with E-state index < -0.39 is 12.0 Å².